The van der Waals surface area contributed by atoms with Crippen molar-refractivity contribution < 1.29 is 81.4 Å². The minimum Gasteiger partial charge on any atom is -0.496 e. The van der Waals surface area contributed by atoms with Crippen LogP contribution in [0.1, 0.15) is 160 Å². The van der Waals surface area contributed by atoms with Crippen molar-refractivity contribution in [1.29, 1.82) is 0 Å². The first-order valence-electron chi connectivity index (χ1n) is 31.2. The number of methoxy groups -OCH3 is 3. The number of fused-ring (bicyclic) bond motifs is 5. The number of ketones is 2. The Hall–Kier alpha value is -6.88. The monoisotopic (exact) mass is 1280 g/mol. The van der Waals surface area contributed by atoms with Crippen molar-refractivity contribution in [3.05, 3.63) is 75.8 Å². The molecule has 3 fully saturated rings. The van der Waals surface area contributed by atoms with Crippen molar-refractivity contribution >= 4 is 70.5 Å². The van der Waals surface area contributed by atoms with Gasteiger partial charge in [0.25, 0.3) is 5.91 Å². The molecule has 10 atom stereocenters. The molecule has 2 aromatic carbocycles. The Morgan fingerprint density at radius 3 is 2.32 bits per heavy atom. The lowest BCUT2D eigenvalue weighted by molar-refractivity contribution is -0.187. The van der Waals surface area contributed by atoms with Crippen LogP contribution in [-0.4, -0.2) is 159 Å². The van der Waals surface area contributed by atoms with Gasteiger partial charge in [-0.05, 0) is 127 Å². The Balaban J connectivity index is 1.17. The summed E-state index contributed by atoms with van der Waals surface area (Å²) in [6.07, 6.45) is 5.91. The number of nitrogens with zero attached hydrogens (tertiary/aromatic N) is 2. The Labute approximate surface area is 533 Å². The first-order valence-corrected chi connectivity index (χ1v) is 31.6. The van der Waals surface area contributed by atoms with E-state index in [9.17, 15) is 48.3 Å². The molecule has 5 amide bonds. The molecule has 0 spiro atoms. The number of epoxide rings is 1. The number of hydrogen-bond acceptors (Lipinski definition) is 17. The third-order valence-electron chi connectivity index (χ3n) is 18.1. The molecule has 0 aromatic heterocycles. The van der Waals surface area contributed by atoms with E-state index in [1.165, 1.54) is 59.4 Å². The van der Waals surface area contributed by atoms with Crippen molar-refractivity contribution in [2.24, 2.45) is 29.4 Å². The highest BCUT2D eigenvalue weighted by Crippen LogP contribution is 2.50. The number of hydrogen-bond donors (Lipinski definition) is 4. The number of aliphatic hydroxyl groups is 1. The number of likely N-dealkylation sites (N-methyl/N-ethyl adjacent to an activating group) is 1. The van der Waals surface area contributed by atoms with E-state index in [0.717, 1.165) is 35.3 Å². The summed E-state index contributed by atoms with van der Waals surface area (Å²) in [5, 5.41) is 17.6. The fraction of sp³-hybridized carbons (Fsp3) is 0.627. The molecule has 496 valence electrons. The number of carbonyl (C=O) groups is 9. The van der Waals surface area contributed by atoms with Gasteiger partial charge in [0.2, 0.25) is 11.8 Å². The van der Waals surface area contributed by atoms with Gasteiger partial charge < -0.3 is 64.4 Å². The maximum absolute atomic E-state index is 14.6. The van der Waals surface area contributed by atoms with Gasteiger partial charge in [-0.15, -0.1) is 0 Å². The van der Waals surface area contributed by atoms with E-state index in [1.807, 2.05) is 40.7 Å². The minimum atomic E-state index is -1.67. The predicted molar refractivity (Wildman–Crippen MR) is 336 cm³/mol. The van der Waals surface area contributed by atoms with Crippen molar-refractivity contribution in [2.45, 2.75) is 205 Å². The van der Waals surface area contributed by atoms with Gasteiger partial charge in [0.05, 0.1) is 56.4 Å². The number of unbranched alkanes of at least 4 members (excludes halogenated alkanes) is 1. The quantitative estimate of drug-likeness (QED) is 0.0300. The van der Waals surface area contributed by atoms with Crippen molar-refractivity contribution in [3.63, 3.8) is 0 Å². The summed E-state index contributed by atoms with van der Waals surface area (Å²) in [7, 11) is 7.18. The van der Waals surface area contributed by atoms with E-state index in [0.29, 0.717) is 42.7 Å². The molecule has 1 aliphatic carbocycles. The van der Waals surface area contributed by atoms with Gasteiger partial charge in [0.1, 0.15) is 63.5 Å². The van der Waals surface area contributed by atoms with E-state index in [4.69, 9.17) is 50.5 Å². The van der Waals surface area contributed by atoms with Crippen molar-refractivity contribution in [1.82, 2.24) is 15.5 Å². The molecule has 4 bridgehead atoms. The first kappa shape index (κ1) is 72.2. The lowest BCUT2D eigenvalue weighted by Gasteiger charge is -2.41. The molecule has 22 nitrogen and oxygen atoms in total. The Kier molecular flexibility index (Phi) is 25.2. The molecule has 2 saturated heterocycles. The Morgan fingerprint density at radius 2 is 1.69 bits per heavy atom. The number of nitrogens with two attached hydrogens (primary N) is 1. The van der Waals surface area contributed by atoms with Crippen molar-refractivity contribution in [3.8, 4) is 11.5 Å². The highest BCUT2D eigenvalue weighted by atomic mass is 35.5. The van der Waals surface area contributed by atoms with Gasteiger partial charge in [-0.3, -0.25) is 33.6 Å². The van der Waals surface area contributed by atoms with Crippen LogP contribution in [0.3, 0.4) is 0 Å². The second-order valence-electron chi connectivity index (χ2n) is 25.9. The van der Waals surface area contributed by atoms with Crippen molar-refractivity contribution in [2.75, 3.05) is 46.9 Å². The largest absolute Gasteiger partial charge is 0.496 e. The molecular formula is C67H94ClN5O17. The molecule has 6 rings (SSSR count). The van der Waals surface area contributed by atoms with E-state index < -0.39 is 113 Å². The second-order valence-corrected chi connectivity index (χ2v) is 26.3. The van der Waals surface area contributed by atoms with E-state index in [-0.39, 0.29) is 91.4 Å². The molecule has 0 radical (unpaired) electrons. The normalized spacial score (nSPS) is 24.9. The minimum absolute atomic E-state index is 0.0213. The van der Waals surface area contributed by atoms with Crippen LogP contribution in [-0.2, 0) is 70.1 Å². The van der Waals surface area contributed by atoms with Gasteiger partial charge in [-0.2, -0.15) is 0 Å². The number of primary amides is 1. The molecule has 0 unspecified atom stereocenters. The molecule has 23 heteroatoms. The number of rotatable bonds is 26. The number of esters is 3. The lowest BCUT2D eigenvalue weighted by atomic mass is 9.78. The third kappa shape index (κ3) is 18.6. The van der Waals surface area contributed by atoms with Crippen LogP contribution in [0.5, 0.6) is 11.5 Å². The summed E-state index contributed by atoms with van der Waals surface area (Å²) in [4.78, 5) is 125. The lowest BCUT2D eigenvalue weighted by Crippen LogP contribution is -2.53. The Morgan fingerprint density at radius 1 is 0.989 bits per heavy atom. The number of anilines is 1. The SMILES string of the molecule is COc1cc(CC(=O)[C@H](CCCNC(N)=O)NC(=O)[C@@H](CC(=O)CCCCC(C)(C)OC(=O)C2CCC2)C(C)C)ccc1C(=O)N(C)[C@@H](C)C(=O)O[C@H]1CC(=O)N(C)c2cc(cc(OC)c2Cl)C/C(C)=C/C=C/[C@@H](OC)[C@]2(O)CC(=O)O[C@@H](C2)[C@@H](C)[C@@H]2O[C@@]12C. The van der Waals surface area contributed by atoms with Gasteiger partial charge >= 0.3 is 23.9 Å². The number of allylic oxidation sites excluding steroid dienone is 3. The Bertz CT molecular complexity index is 3030. The van der Waals surface area contributed by atoms with Crippen LogP contribution in [0.4, 0.5) is 10.5 Å². The molecule has 2 aromatic rings. The fourth-order valence-corrected chi connectivity index (χ4v) is 12.3. The number of carbonyl (C=O) groups excluding carboxylic acids is 9. The topological polar surface area (TPSA) is 298 Å². The summed E-state index contributed by atoms with van der Waals surface area (Å²) in [6, 6.07) is 4.97. The van der Waals surface area contributed by atoms with E-state index >= 15 is 0 Å². The summed E-state index contributed by atoms with van der Waals surface area (Å²) >= 11 is 6.88. The number of urea groups is 1. The number of ether oxygens (including phenoxy) is 7. The summed E-state index contributed by atoms with van der Waals surface area (Å²) in [5.41, 5.74) is 4.04. The molecule has 3 heterocycles. The zero-order valence-electron chi connectivity index (χ0n) is 54.5. The zero-order valence-corrected chi connectivity index (χ0v) is 55.3. The van der Waals surface area contributed by atoms with Crippen LogP contribution >= 0.6 is 11.6 Å². The zero-order chi connectivity index (χ0) is 66.6. The molecular weight excluding hydrogens is 1180 g/mol. The number of benzene rings is 2. The highest BCUT2D eigenvalue weighted by Gasteiger charge is 2.64. The van der Waals surface area contributed by atoms with Gasteiger partial charge in [-0.1, -0.05) is 68.7 Å². The van der Waals surface area contributed by atoms with Crippen LogP contribution in [0, 0.1) is 23.7 Å². The molecule has 90 heavy (non-hydrogen) atoms. The molecule has 4 aliphatic rings. The van der Waals surface area contributed by atoms with E-state index in [1.54, 1.807) is 44.2 Å². The van der Waals surface area contributed by atoms with E-state index in [2.05, 4.69) is 10.6 Å². The van der Waals surface area contributed by atoms with Crippen LogP contribution in [0.25, 0.3) is 0 Å². The number of amides is 5. The average molecular weight is 1280 g/mol. The van der Waals surface area contributed by atoms with Crippen LogP contribution < -0.4 is 30.7 Å². The van der Waals surface area contributed by atoms with Crippen LogP contribution in [0.2, 0.25) is 5.02 Å². The predicted octanol–water partition coefficient (Wildman–Crippen LogP) is 8.05. The summed E-state index contributed by atoms with van der Waals surface area (Å²) < 4.78 is 41.3. The number of nitrogens with one attached hydrogen (secondary N) is 2. The number of halogens is 1. The maximum Gasteiger partial charge on any atom is 0.328 e. The average Bonchev–Trinajstić information content (AvgIpc) is 1.57. The van der Waals surface area contributed by atoms with Crippen LogP contribution in [0.15, 0.2) is 54.1 Å². The third-order valence-corrected chi connectivity index (χ3v) is 18.5. The standard InChI is InChI=1S/C67H94ClN5O17/c1-38(2)47(34-45(74)22-14-15-27-65(6,7)90-63(81)44-20-17-21-44)60(78)71-48(23-18-28-70-64(69)82)50(75)31-42-25-26-46(51(32-42)84-11)61(79)72(9)41(5)62(80)88-55-35-56(76)73(10)49-30-43(33-52(85-12)58(49)68)29-39(3)19-16-24-54(86-13)67(83)36-53(87-57(77)37-67)40(4)59-66(55,8)89-59/h16,19,24-26,30,32-33,38,40-41,44,47-48,53-55,59,83H,14-15,17-18,20-23,27-29,31,34-37H2,1-13H3,(H,71,78)(H3,69,70,82)/b24-16+,39-19+/t40-,41+,47+,48+,53+,54-,55+,59+,66+,67-/m1/s1. The smallest absolute Gasteiger partial charge is 0.328 e. The summed E-state index contributed by atoms with van der Waals surface area (Å²) in [6.45, 7) is 14.3. The fourth-order valence-electron chi connectivity index (χ4n) is 12.0. The summed E-state index contributed by atoms with van der Waals surface area (Å²) in [5.74, 6) is -5.15. The molecule has 5 N–H and O–H groups in total. The molecule has 1 saturated carbocycles. The van der Waals surface area contributed by atoms with Gasteiger partial charge in [0.15, 0.2) is 5.78 Å². The maximum atomic E-state index is 14.6. The second kappa shape index (κ2) is 31.4. The number of Topliss-reactive ketones (excluding diaryl/α,β-unsaturated/α-hetero) is 2. The highest BCUT2D eigenvalue weighted by molar-refractivity contribution is 6.35. The molecule has 3 aliphatic heterocycles. The first-order chi connectivity index (χ1) is 42.3. The van der Waals surface area contributed by atoms with Gasteiger partial charge in [-0.25, -0.2) is 9.59 Å². The van der Waals surface area contributed by atoms with Gasteiger partial charge in [0, 0.05) is 65.3 Å².